The quantitative estimate of drug-likeness (QED) is 0.166. The molecule has 0 radical (unpaired) electrons. The Morgan fingerprint density at radius 1 is 0.758 bits per heavy atom. The topological polar surface area (TPSA) is 158 Å². The van der Waals surface area contributed by atoms with Crippen molar-refractivity contribution in [2.45, 2.75) is 18.0 Å². The molecule has 1 rings (SSSR count). The summed E-state index contributed by atoms with van der Waals surface area (Å²) in [5.74, 6) is 1.24. The monoisotopic (exact) mass is 542 g/mol. The Bertz CT molecular complexity index is 683. The summed E-state index contributed by atoms with van der Waals surface area (Å²) in [6.07, 6.45) is 0. The standard InChI is InChI=1S/C11H8N4O4.2C4H9Cl2N/c12-6-9(14(16)17)11(10(7-13)15(18)19)8-4-2-1-3-5-8;2*5-1-3-7-4-2-6/h1-5,9-11H;2*7H,1-4H2. The molecule has 2 N–H and O–H groups in total. The number of hydrogen-bond donors (Lipinski definition) is 2. The minimum Gasteiger partial charge on any atom is -0.314 e. The molecule has 0 spiro atoms. The Labute approximate surface area is 213 Å². The van der Waals surface area contributed by atoms with Crippen LogP contribution in [-0.4, -0.2) is 71.6 Å². The molecule has 0 amide bonds. The summed E-state index contributed by atoms with van der Waals surface area (Å²) in [7, 11) is 0. The summed E-state index contributed by atoms with van der Waals surface area (Å²) in [6, 6.07) is 6.67. The number of nitrogens with one attached hydrogen (secondary N) is 2. The molecular formula is C19H26Cl4N6O4. The molecule has 0 aliphatic heterocycles. The van der Waals surface area contributed by atoms with Crippen molar-refractivity contribution in [1.82, 2.24) is 10.6 Å². The highest BCUT2D eigenvalue weighted by Gasteiger charge is 2.45. The van der Waals surface area contributed by atoms with Crippen molar-refractivity contribution in [2.24, 2.45) is 0 Å². The van der Waals surface area contributed by atoms with Crippen LogP contribution in [0, 0.1) is 42.9 Å². The van der Waals surface area contributed by atoms with E-state index in [0.717, 1.165) is 26.2 Å². The fourth-order valence-corrected chi connectivity index (χ4v) is 2.78. The molecule has 1 aromatic rings. The molecule has 0 saturated carbocycles. The summed E-state index contributed by atoms with van der Waals surface area (Å²) < 4.78 is 0. The van der Waals surface area contributed by atoms with Crippen LogP contribution in [0.25, 0.3) is 0 Å². The maximum atomic E-state index is 10.8. The second-order valence-corrected chi connectivity index (χ2v) is 7.42. The smallest absolute Gasteiger partial charge is 0.311 e. The molecule has 0 heterocycles. The number of benzene rings is 1. The largest absolute Gasteiger partial charge is 0.314 e. The fraction of sp³-hybridized carbons (Fsp3) is 0.579. The van der Waals surface area contributed by atoms with Crippen molar-refractivity contribution in [1.29, 1.82) is 10.5 Å². The fourth-order valence-electron chi connectivity index (χ4n) is 2.25. The zero-order valence-electron chi connectivity index (χ0n) is 17.7. The SMILES string of the molecule is ClCCNCCCl.ClCCNCCCl.N#CC(C(c1ccccc1)C(C#N)[N+](=O)[O-])[N+](=O)[O-]. The maximum absolute atomic E-state index is 10.8. The van der Waals surface area contributed by atoms with Gasteiger partial charge in [-0.2, -0.15) is 10.5 Å². The van der Waals surface area contributed by atoms with E-state index < -0.39 is 27.8 Å². The summed E-state index contributed by atoms with van der Waals surface area (Å²) in [6.45, 7) is 3.42. The van der Waals surface area contributed by atoms with Gasteiger partial charge in [-0.05, 0) is 5.56 Å². The van der Waals surface area contributed by atoms with Crippen LogP contribution in [0.1, 0.15) is 11.5 Å². The van der Waals surface area contributed by atoms with Gasteiger partial charge >= 0.3 is 12.1 Å². The highest BCUT2D eigenvalue weighted by molar-refractivity contribution is 6.18. The molecule has 184 valence electrons. The number of nitrogens with zero attached hydrogens (tertiary/aromatic N) is 4. The van der Waals surface area contributed by atoms with Gasteiger partial charge in [0, 0.05) is 59.5 Å². The van der Waals surface area contributed by atoms with Crippen LogP contribution in [-0.2, 0) is 0 Å². The number of halogens is 4. The van der Waals surface area contributed by atoms with Crippen molar-refractivity contribution in [3.63, 3.8) is 0 Å². The summed E-state index contributed by atoms with van der Waals surface area (Å²) in [5.41, 5.74) is 0.217. The first-order valence-corrected chi connectivity index (χ1v) is 11.8. The lowest BCUT2D eigenvalue weighted by Crippen LogP contribution is -2.37. The van der Waals surface area contributed by atoms with Crippen LogP contribution in [0.2, 0.25) is 0 Å². The summed E-state index contributed by atoms with van der Waals surface area (Å²) >= 11 is 21.3. The average Bonchev–Trinajstić information content (AvgIpc) is 2.81. The number of rotatable bonds is 13. The zero-order valence-corrected chi connectivity index (χ0v) is 20.7. The first kappa shape index (κ1) is 33.3. The van der Waals surface area contributed by atoms with Gasteiger partial charge in [0.25, 0.3) is 0 Å². The van der Waals surface area contributed by atoms with E-state index in [1.807, 2.05) is 0 Å². The molecule has 2 atom stereocenters. The average molecular weight is 544 g/mol. The summed E-state index contributed by atoms with van der Waals surface area (Å²) in [4.78, 5) is 19.9. The Morgan fingerprint density at radius 2 is 1.09 bits per heavy atom. The molecule has 0 fully saturated rings. The molecular weight excluding hydrogens is 518 g/mol. The number of alkyl halides is 4. The second-order valence-electron chi connectivity index (χ2n) is 5.91. The van der Waals surface area contributed by atoms with E-state index >= 15 is 0 Å². The van der Waals surface area contributed by atoms with Crippen LogP contribution >= 0.6 is 46.4 Å². The van der Waals surface area contributed by atoms with Gasteiger partial charge in [0.05, 0.1) is 0 Å². The van der Waals surface area contributed by atoms with Crippen LogP contribution in [0.3, 0.4) is 0 Å². The van der Waals surface area contributed by atoms with E-state index in [9.17, 15) is 20.2 Å². The Kier molecular flexibility index (Phi) is 23.4. The van der Waals surface area contributed by atoms with Crippen molar-refractivity contribution < 1.29 is 9.85 Å². The molecule has 2 unspecified atom stereocenters. The number of nitriles is 2. The van der Waals surface area contributed by atoms with E-state index in [-0.39, 0.29) is 5.56 Å². The van der Waals surface area contributed by atoms with Gasteiger partial charge in [0.15, 0.2) is 0 Å². The van der Waals surface area contributed by atoms with Crippen molar-refractivity contribution >= 4 is 46.4 Å². The highest BCUT2D eigenvalue weighted by atomic mass is 35.5. The lowest BCUT2D eigenvalue weighted by atomic mass is 9.86. The Hall–Kier alpha value is -1.92. The van der Waals surface area contributed by atoms with E-state index in [2.05, 4.69) is 10.6 Å². The lowest BCUT2D eigenvalue weighted by Gasteiger charge is -2.16. The minimum absolute atomic E-state index is 0.217. The third-order valence-corrected chi connectivity index (χ3v) is 4.42. The van der Waals surface area contributed by atoms with E-state index in [0.29, 0.717) is 23.5 Å². The van der Waals surface area contributed by atoms with Crippen LogP contribution in [0.4, 0.5) is 0 Å². The van der Waals surface area contributed by atoms with Gasteiger partial charge in [0.1, 0.15) is 18.1 Å². The van der Waals surface area contributed by atoms with Gasteiger partial charge in [-0.3, -0.25) is 20.2 Å². The van der Waals surface area contributed by atoms with Crippen LogP contribution in [0.5, 0.6) is 0 Å². The first-order chi connectivity index (χ1) is 15.9. The molecule has 0 aromatic heterocycles. The molecule has 0 bridgehead atoms. The highest BCUT2D eigenvalue weighted by Crippen LogP contribution is 2.26. The number of nitro groups is 2. The van der Waals surface area contributed by atoms with Gasteiger partial charge in [-0.25, -0.2) is 0 Å². The van der Waals surface area contributed by atoms with E-state index in [1.165, 1.54) is 36.4 Å². The van der Waals surface area contributed by atoms with Crippen LogP contribution < -0.4 is 10.6 Å². The van der Waals surface area contributed by atoms with Crippen molar-refractivity contribution in [3.05, 3.63) is 56.1 Å². The maximum Gasteiger partial charge on any atom is 0.311 e. The number of hydrogen-bond acceptors (Lipinski definition) is 8. The minimum atomic E-state index is -1.85. The Morgan fingerprint density at radius 3 is 1.33 bits per heavy atom. The zero-order chi connectivity index (χ0) is 25.5. The Balaban J connectivity index is 0. The predicted molar refractivity (Wildman–Crippen MR) is 131 cm³/mol. The third kappa shape index (κ3) is 16.4. The molecule has 10 nitrogen and oxygen atoms in total. The molecule has 1 aromatic carbocycles. The van der Waals surface area contributed by atoms with E-state index in [1.54, 1.807) is 6.07 Å². The molecule has 0 aliphatic rings. The molecule has 0 saturated heterocycles. The molecule has 14 heteroatoms. The van der Waals surface area contributed by atoms with Gasteiger partial charge in [0.2, 0.25) is 0 Å². The normalized spacial score (nSPS) is 12.3. The lowest BCUT2D eigenvalue weighted by molar-refractivity contribution is -0.548. The van der Waals surface area contributed by atoms with Gasteiger partial charge in [-0.15, -0.1) is 46.4 Å². The van der Waals surface area contributed by atoms with Crippen molar-refractivity contribution in [3.8, 4) is 12.1 Å². The van der Waals surface area contributed by atoms with E-state index in [4.69, 9.17) is 56.9 Å². The van der Waals surface area contributed by atoms with Gasteiger partial charge in [-0.1, -0.05) is 30.3 Å². The second kappa shape index (κ2) is 23.2. The first-order valence-electron chi connectivity index (χ1n) is 9.62. The van der Waals surface area contributed by atoms with Crippen molar-refractivity contribution in [2.75, 3.05) is 49.7 Å². The predicted octanol–water partition coefficient (Wildman–Crippen LogP) is 3.22. The van der Waals surface area contributed by atoms with Crippen LogP contribution in [0.15, 0.2) is 30.3 Å². The molecule has 33 heavy (non-hydrogen) atoms. The third-order valence-electron chi connectivity index (χ3n) is 3.67. The summed E-state index contributed by atoms with van der Waals surface area (Å²) in [5, 5.41) is 45.4. The van der Waals surface area contributed by atoms with Gasteiger partial charge < -0.3 is 10.6 Å². The molecule has 0 aliphatic carbocycles.